The van der Waals surface area contributed by atoms with E-state index in [0.29, 0.717) is 0 Å². The molecule has 4 N–H and O–H groups in total. The van der Waals surface area contributed by atoms with Crippen LogP contribution in [0.25, 0.3) is 0 Å². The van der Waals surface area contributed by atoms with E-state index in [1.54, 1.807) is 7.22 Å². The second-order valence-electron chi connectivity index (χ2n) is 2.79. The summed E-state index contributed by atoms with van der Waals surface area (Å²) in [6.07, 6.45) is 0. The first kappa shape index (κ1) is 17.9. The van der Waals surface area contributed by atoms with Gasteiger partial charge in [-0.3, -0.25) is 0 Å². The predicted octanol–water partition coefficient (Wildman–Crippen LogP) is 0.111. The van der Waals surface area contributed by atoms with Crippen LogP contribution in [0.15, 0.2) is 60.7 Å². The number of hydrogen-bond donors (Lipinski definition) is 2. The van der Waals surface area contributed by atoms with Gasteiger partial charge < -0.3 is 11.5 Å². The summed E-state index contributed by atoms with van der Waals surface area (Å²) in [5.41, 5.74) is 9.00. The van der Waals surface area contributed by atoms with Gasteiger partial charge in [0.25, 0.3) is 0 Å². The van der Waals surface area contributed by atoms with E-state index in [1.165, 1.54) is 14.1 Å². The van der Waals surface area contributed by atoms with Crippen molar-refractivity contribution in [1.82, 2.24) is 0 Å². The molecule has 0 aliphatic rings. The van der Waals surface area contributed by atoms with E-state index < -0.39 is 0 Å². The van der Waals surface area contributed by atoms with Gasteiger partial charge in [0.1, 0.15) is 0 Å². The Morgan fingerprint density at radius 2 is 0.833 bits per heavy atom. The molecule has 0 bridgehead atoms. The molecule has 0 aliphatic heterocycles. The first-order valence-corrected chi connectivity index (χ1v) is 15.2. The third-order valence-electron chi connectivity index (χ3n) is 1.72. The Balaban J connectivity index is 0.000000659. The van der Waals surface area contributed by atoms with Gasteiger partial charge in [-0.05, 0) is 14.1 Å². The Labute approximate surface area is 126 Å². The summed E-state index contributed by atoms with van der Waals surface area (Å²) < 4.78 is 3.20. The second-order valence-corrected chi connectivity index (χ2v) is 12.8. The molecule has 2 aromatic carbocycles. The zero-order chi connectivity index (χ0) is 13.6. The average molecular weight is 472 g/mol. The molecule has 0 aromatic heterocycles. The maximum absolute atomic E-state index is 4.50. The Hall–Kier alpha value is -0.0608. The van der Waals surface area contributed by atoms with E-state index >= 15 is 0 Å². The maximum atomic E-state index is 4.50. The van der Waals surface area contributed by atoms with Gasteiger partial charge in [-0.25, -0.2) is 0 Å². The van der Waals surface area contributed by atoms with E-state index in [-0.39, 0.29) is 34.1 Å². The molecule has 0 radical (unpaired) electrons. The van der Waals surface area contributed by atoms with Gasteiger partial charge in [-0.2, -0.15) is 0 Å². The Morgan fingerprint density at radius 3 is 1.11 bits per heavy atom. The van der Waals surface area contributed by atoms with Crippen molar-refractivity contribution < 1.29 is 0 Å². The van der Waals surface area contributed by atoms with Crippen LogP contribution in [0.5, 0.6) is 0 Å². The van der Waals surface area contributed by atoms with Gasteiger partial charge in [0.2, 0.25) is 0 Å². The molecule has 0 spiro atoms. The Bertz CT molecular complexity index is 340. The molecular formula is C14H20N2Te2. The fourth-order valence-corrected chi connectivity index (χ4v) is 11.1. The van der Waals surface area contributed by atoms with Crippen molar-refractivity contribution in [3.05, 3.63) is 60.7 Å². The molecule has 2 nitrogen and oxygen atoms in total. The summed E-state index contributed by atoms with van der Waals surface area (Å²) in [6.45, 7) is 0. The molecule has 2 rings (SSSR count). The second kappa shape index (κ2) is 13.4. The number of hydrogen-bond acceptors (Lipinski definition) is 2. The van der Waals surface area contributed by atoms with Crippen LogP contribution in [0.2, 0.25) is 0 Å². The van der Waals surface area contributed by atoms with Crippen molar-refractivity contribution >= 4 is 41.3 Å². The van der Waals surface area contributed by atoms with Crippen molar-refractivity contribution in [1.29, 1.82) is 0 Å². The van der Waals surface area contributed by atoms with E-state index in [2.05, 4.69) is 72.1 Å². The average Bonchev–Trinajstić information content (AvgIpc) is 2.51. The summed E-state index contributed by atoms with van der Waals surface area (Å²) in [5, 5.41) is 0. The van der Waals surface area contributed by atoms with Crippen LogP contribution >= 0.6 is 0 Å². The van der Waals surface area contributed by atoms with Crippen molar-refractivity contribution in [3.8, 4) is 0 Å². The monoisotopic (exact) mass is 476 g/mol. The third-order valence-corrected chi connectivity index (χ3v) is 13.6. The first-order valence-electron chi connectivity index (χ1n) is 5.55. The zero-order valence-corrected chi connectivity index (χ0v) is 15.4. The number of nitrogens with two attached hydrogens (primary N) is 2. The number of benzene rings is 2. The molecule has 0 fully saturated rings. The van der Waals surface area contributed by atoms with Crippen molar-refractivity contribution in [2.45, 2.75) is 0 Å². The minimum absolute atomic E-state index is 0.0996. The summed E-state index contributed by atoms with van der Waals surface area (Å²) in [7, 11) is 3.00. The van der Waals surface area contributed by atoms with E-state index in [0.717, 1.165) is 0 Å². The standard InChI is InChI=1S/C12H10Te2.2CH5N/c1-3-7-11(8-4-1)13-14-12-9-5-2-6-10-12;2*1-2/h1-10H;2*2H2,1H3. The van der Waals surface area contributed by atoms with E-state index in [4.69, 9.17) is 0 Å². The van der Waals surface area contributed by atoms with Crippen molar-refractivity contribution in [2.75, 3.05) is 14.1 Å². The minimum atomic E-state index is 0.0996. The van der Waals surface area contributed by atoms with Crippen LogP contribution in [-0.2, 0) is 0 Å². The summed E-state index contributed by atoms with van der Waals surface area (Å²) in [6, 6.07) is 21.9. The SMILES string of the molecule is CN.CN.c1ccc([Te][Te]c2ccccc2)cc1. The zero-order valence-electron chi connectivity index (χ0n) is 10.7. The molecule has 2 aromatic rings. The van der Waals surface area contributed by atoms with Crippen molar-refractivity contribution in [2.24, 2.45) is 11.5 Å². The predicted molar refractivity (Wildman–Crippen MR) is 83.9 cm³/mol. The summed E-state index contributed by atoms with van der Waals surface area (Å²) in [4.78, 5) is 0. The Morgan fingerprint density at radius 1 is 0.556 bits per heavy atom. The van der Waals surface area contributed by atoms with E-state index in [1.807, 2.05) is 0 Å². The third kappa shape index (κ3) is 8.11. The number of rotatable bonds is 3. The van der Waals surface area contributed by atoms with Crippen LogP contribution in [0.1, 0.15) is 0 Å². The molecule has 0 aliphatic carbocycles. The molecule has 98 valence electrons. The molecule has 4 heteroatoms. The van der Waals surface area contributed by atoms with Crippen LogP contribution in [0, 0.1) is 0 Å². The quantitative estimate of drug-likeness (QED) is 0.625. The topological polar surface area (TPSA) is 52.0 Å². The van der Waals surface area contributed by atoms with Crippen molar-refractivity contribution in [3.63, 3.8) is 0 Å². The molecule has 0 saturated heterocycles. The molecule has 0 atom stereocenters. The fraction of sp³-hybridized carbons (Fsp3) is 0.143. The van der Waals surface area contributed by atoms with E-state index in [9.17, 15) is 0 Å². The van der Waals surface area contributed by atoms with Crippen LogP contribution in [-0.4, -0.2) is 48.2 Å². The van der Waals surface area contributed by atoms with Gasteiger partial charge in [-0.1, -0.05) is 0 Å². The van der Waals surface area contributed by atoms with Gasteiger partial charge >= 0.3 is 102 Å². The van der Waals surface area contributed by atoms with Crippen LogP contribution < -0.4 is 18.7 Å². The molecule has 0 heterocycles. The molecule has 0 amide bonds. The summed E-state index contributed by atoms with van der Waals surface area (Å²) >= 11 is 0.199. The molecule has 18 heavy (non-hydrogen) atoms. The van der Waals surface area contributed by atoms with Gasteiger partial charge in [0.05, 0.1) is 0 Å². The first-order chi connectivity index (χ1) is 8.95. The molecule has 0 saturated carbocycles. The van der Waals surface area contributed by atoms with Crippen LogP contribution in [0.4, 0.5) is 0 Å². The summed E-state index contributed by atoms with van der Waals surface area (Å²) in [5.74, 6) is 0. The van der Waals surface area contributed by atoms with Gasteiger partial charge in [-0.15, -0.1) is 0 Å². The molecular weight excluding hydrogens is 451 g/mol. The van der Waals surface area contributed by atoms with Gasteiger partial charge in [0.15, 0.2) is 0 Å². The normalized spacial score (nSPS) is 8.44. The fourth-order valence-electron chi connectivity index (χ4n) is 1.05. The van der Waals surface area contributed by atoms with Crippen LogP contribution in [0.3, 0.4) is 0 Å². The molecule has 0 unspecified atom stereocenters. The van der Waals surface area contributed by atoms with Gasteiger partial charge in [0, 0.05) is 0 Å². The Kier molecular flexibility index (Phi) is 13.3.